The average Bonchev–Trinajstić information content (AvgIpc) is 2.31. The molecule has 0 fully saturated rings. The van der Waals surface area contributed by atoms with Gasteiger partial charge in [0.15, 0.2) is 0 Å². The van der Waals surface area contributed by atoms with Crippen molar-refractivity contribution in [2.45, 2.75) is 13.3 Å². The van der Waals surface area contributed by atoms with Crippen LogP contribution in [0.3, 0.4) is 0 Å². The van der Waals surface area contributed by atoms with Crippen molar-refractivity contribution < 1.29 is 0 Å². The highest BCUT2D eigenvalue weighted by Crippen LogP contribution is 1.96. The summed E-state index contributed by atoms with van der Waals surface area (Å²) in [6.45, 7) is 1.93. The minimum atomic E-state index is 0.831. The highest BCUT2D eigenvalue weighted by Gasteiger charge is 1.91. The number of hydrogen-bond acceptors (Lipinski definition) is 2. The summed E-state index contributed by atoms with van der Waals surface area (Å²) in [5.41, 5.74) is 6.26. The Morgan fingerprint density at radius 3 is 3.10 bits per heavy atom. The van der Waals surface area contributed by atoms with Gasteiger partial charge in [0.05, 0.1) is 0 Å². The summed E-state index contributed by atoms with van der Waals surface area (Å²) < 4.78 is 0. The van der Waals surface area contributed by atoms with Crippen LogP contribution in [0.25, 0.3) is 0 Å². The van der Waals surface area contributed by atoms with Crippen LogP contribution in [0.1, 0.15) is 11.5 Å². The number of rotatable bonds is 2. The molecule has 3 heteroatoms. The van der Waals surface area contributed by atoms with Gasteiger partial charge in [0.1, 0.15) is 5.82 Å². The molecule has 1 aromatic heterocycles. The van der Waals surface area contributed by atoms with E-state index in [9.17, 15) is 0 Å². The maximum Gasteiger partial charge on any atom is 0.103 e. The number of hydrogen-bond donors (Lipinski definition) is 2. The zero-order chi connectivity index (χ0) is 7.40. The lowest BCUT2D eigenvalue weighted by Gasteiger charge is -1.85. The predicted molar refractivity (Wildman–Crippen MR) is 40.4 cm³/mol. The van der Waals surface area contributed by atoms with Gasteiger partial charge >= 0.3 is 0 Å². The molecule has 0 saturated heterocycles. The van der Waals surface area contributed by atoms with E-state index in [4.69, 9.17) is 5.73 Å². The van der Waals surface area contributed by atoms with Gasteiger partial charge in [-0.2, -0.15) is 0 Å². The third kappa shape index (κ3) is 1.62. The first kappa shape index (κ1) is 6.86. The molecule has 0 aliphatic heterocycles. The molecule has 1 aromatic rings. The maximum atomic E-state index is 5.17. The van der Waals surface area contributed by atoms with Crippen LogP contribution < -0.4 is 5.73 Å². The molecule has 10 heavy (non-hydrogen) atoms. The van der Waals surface area contributed by atoms with E-state index < -0.39 is 0 Å². The SMILES string of the molecule is Cc1ncc(CC=CN)[nH]1. The van der Waals surface area contributed by atoms with Gasteiger partial charge in [0, 0.05) is 18.3 Å². The van der Waals surface area contributed by atoms with Crippen LogP contribution in [-0.2, 0) is 6.42 Å². The van der Waals surface area contributed by atoms with Crippen molar-refractivity contribution in [2.75, 3.05) is 0 Å². The zero-order valence-corrected chi connectivity index (χ0v) is 5.96. The molecule has 3 N–H and O–H groups in total. The van der Waals surface area contributed by atoms with Crippen molar-refractivity contribution >= 4 is 0 Å². The molecular formula is C7H11N3. The fraction of sp³-hybridized carbons (Fsp3) is 0.286. The van der Waals surface area contributed by atoms with E-state index >= 15 is 0 Å². The Morgan fingerprint density at radius 2 is 2.60 bits per heavy atom. The normalized spacial score (nSPS) is 10.9. The van der Waals surface area contributed by atoms with Crippen LogP contribution in [-0.4, -0.2) is 9.97 Å². The van der Waals surface area contributed by atoms with Gasteiger partial charge in [-0.3, -0.25) is 0 Å². The van der Waals surface area contributed by atoms with Crippen molar-refractivity contribution in [3.8, 4) is 0 Å². The summed E-state index contributed by atoms with van der Waals surface area (Å²) in [7, 11) is 0. The fourth-order valence-electron chi connectivity index (χ4n) is 0.770. The smallest absolute Gasteiger partial charge is 0.103 e. The van der Waals surface area contributed by atoms with Gasteiger partial charge in [-0.05, 0) is 13.1 Å². The van der Waals surface area contributed by atoms with Crippen molar-refractivity contribution in [1.82, 2.24) is 9.97 Å². The van der Waals surface area contributed by atoms with E-state index in [1.54, 1.807) is 0 Å². The fourth-order valence-corrected chi connectivity index (χ4v) is 0.770. The molecule has 0 aromatic carbocycles. The Hall–Kier alpha value is -1.25. The second-order valence-corrected chi connectivity index (χ2v) is 2.13. The van der Waals surface area contributed by atoms with E-state index in [2.05, 4.69) is 9.97 Å². The number of aromatic nitrogens is 2. The monoisotopic (exact) mass is 137 g/mol. The van der Waals surface area contributed by atoms with E-state index in [-0.39, 0.29) is 0 Å². The van der Waals surface area contributed by atoms with Crippen LogP contribution in [0.4, 0.5) is 0 Å². The highest BCUT2D eigenvalue weighted by molar-refractivity contribution is 5.04. The second-order valence-electron chi connectivity index (χ2n) is 2.13. The number of aromatic amines is 1. The lowest BCUT2D eigenvalue weighted by molar-refractivity contribution is 1.09. The summed E-state index contributed by atoms with van der Waals surface area (Å²) in [4.78, 5) is 7.13. The Labute approximate surface area is 60.0 Å². The lowest BCUT2D eigenvalue weighted by atomic mass is 10.3. The molecule has 0 spiro atoms. The number of imidazole rings is 1. The quantitative estimate of drug-likeness (QED) is 0.631. The van der Waals surface area contributed by atoms with Gasteiger partial charge in [0.2, 0.25) is 0 Å². The van der Waals surface area contributed by atoms with E-state index in [0.717, 1.165) is 17.9 Å². The number of nitrogens with one attached hydrogen (secondary N) is 1. The predicted octanol–water partition coefficient (Wildman–Crippen LogP) is 0.733. The zero-order valence-electron chi connectivity index (χ0n) is 5.96. The van der Waals surface area contributed by atoms with Crippen LogP contribution >= 0.6 is 0 Å². The summed E-state index contributed by atoms with van der Waals surface area (Å²) in [5, 5.41) is 0. The molecule has 0 aliphatic carbocycles. The van der Waals surface area contributed by atoms with E-state index in [1.165, 1.54) is 6.20 Å². The first-order valence-corrected chi connectivity index (χ1v) is 3.20. The van der Waals surface area contributed by atoms with Crippen LogP contribution in [0.5, 0.6) is 0 Å². The van der Waals surface area contributed by atoms with Crippen LogP contribution in [0.15, 0.2) is 18.5 Å². The maximum absolute atomic E-state index is 5.17. The number of nitrogens with two attached hydrogens (primary N) is 1. The van der Waals surface area contributed by atoms with Crippen LogP contribution in [0.2, 0.25) is 0 Å². The summed E-state index contributed by atoms with van der Waals surface area (Å²) in [5.74, 6) is 0.945. The van der Waals surface area contributed by atoms with Crippen molar-refractivity contribution in [1.29, 1.82) is 0 Å². The first-order chi connectivity index (χ1) is 4.83. The largest absolute Gasteiger partial charge is 0.405 e. The third-order valence-electron chi connectivity index (χ3n) is 1.23. The lowest BCUT2D eigenvalue weighted by Crippen LogP contribution is -1.83. The molecule has 0 unspecified atom stereocenters. The average molecular weight is 137 g/mol. The molecule has 0 saturated carbocycles. The van der Waals surface area contributed by atoms with Gasteiger partial charge in [-0.1, -0.05) is 6.08 Å². The Kier molecular flexibility index (Phi) is 2.10. The minimum absolute atomic E-state index is 0.831. The number of H-pyrrole nitrogens is 1. The van der Waals surface area contributed by atoms with Gasteiger partial charge < -0.3 is 10.7 Å². The Balaban J connectivity index is 2.58. The summed E-state index contributed by atoms with van der Waals surface area (Å²) >= 11 is 0. The van der Waals surface area contributed by atoms with Gasteiger partial charge in [-0.15, -0.1) is 0 Å². The summed E-state index contributed by atoms with van der Waals surface area (Å²) in [6, 6.07) is 0. The third-order valence-corrected chi connectivity index (χ3v) is 1.23. The minimum Gasteiger partial charge on any atom is -0.405 e. The molecule has 0 aliphatic rings. The first-order valence-electron chi connectivity index (χ1n) is 3.20. The standard InChI is InChI=1S/C7H11N3/c1-6-9-5-7(10-6)3-2-4-8/h2,4-5H,3,8H2,1H3,(H,9,10). The molecule has 1 rings (SSSR count). The molecule has 0 radical (unpaired) electrons. The Bertz CT molecular complexity index is 225. The van der Waals surface area contributed by atoms with E-state index in [0.29, 0.717) is 0 Å². The molecular weight excluding hydrogens is 126 g/mol. The topological polar surface area (TPSA) is 54.7 Å². The molecule has 0 bridgehead atoms. The molecule has 1 heterocycles. The number of allylic oxidation sites excluding steroid dienone is 1. The molecule has 0 atom stereocenters. The van der Waals surface area contributed by atoms with Gasteiger partial charge in [-0.25, -0.2) is 4.98 Å². The second kappa shape index (κ2) is 3.06. The molecule has 54 valence electrons. The van der Waals surface area contributed by atoms with E-state index in [1.807, 2.05) is 19.2 Å². The van der Waals surface area contributed by atoms with Gasteiger partial charge in [0.25, 0.3) is 0 Å². The van der Waals surface area contributed by atoms with Crippen molar-refractivity contribution in [3.05, 3.63) is 30.0 Å². The number of aryl methyl sites for hydroxylation is 1. The van der Waals surface area contributed by atoms with Crippen molar-refractivity contribution in [3.63, 3.8) is 0 Å². The number of nitrogens with zero attached hydrogens (tertiary/aromatic N) is 1. The van der Waals surface area contributed by atoms with Crippen molar-refractivity contribution in [2.24, 2.45) is 5.73 Å². The summed E-state index contributed by atoms with van der Waals surface area (Å²) in [6.07, 6.45) is 6.07. The van der Waals surface area contributed by atoms with Crippen LogP contribution in [0, 0.1) is 6.92 Å². The Morgan fingerprint density at radius 1 is 1.80 bits per heavy atom. The molecule has 3 nitrogen and oxygen atoms in total. The molecule has 0 amide bonds. The highest BCUT2D eigenvalue weighted by atomic mass is 14.9.